The molecule has 2 saturated heterocycles. The molecule has 0 bridgehead atoms. The first kappa shape index (κ1) is 17.4. The van der Waals surface area contributed by atoms with Gasteiger partial charge in [-0.05, 0) is 62.1 Å². The van der Waals surface area contributed by atoms with Gasteiger partial charge in [0.25, 0.3) is 0 Å². The molecule has 5 heteroatoms. The van der Waals surface area contributed by atoms with Gasteiger partial charge in [0.2, 0.25) is 5.91 Å². The minimum absolute atomic E-state index is 0.0850. The van der Waals surface area contributed by atoms with Gasteiger partial charge in [-0.1, -0.05) is 19.1 Å². The van der Waals surface area contributed by atoms with E-state index in [1.807, 2.05) is 29.2 Å². The number of rotatable bonds is 4. The molecule has 1 spiro atoms. The fraction of sp³-hybridized carbons (Fsp3) is 0.619. The number of anilines is 1. The molecule has 4 rings (SSSR count). The Kier molecular flexibility index (Phi) is 4.63. The van der Waals surface area contributed by atoms with Crippen molar-refractivity contribution in [2.45, 2.75) is 45.4 Å². The fourth-order valence-corrected chi connectivity index (χ4v) is 4.39. The number of piperidine rings is 1. The van der Waals surface area contributed by atoms with E-state index in [-0.39, 0.29) is 11.4 Å². The molecule has 140 valence electrons. The zero-order valence-electron chi connectivity index (χ0n) is 15.7. The lowest BCUT2D eigenvalue weighted by Gasteiger charge is -2.39. The van der Waals surface area contributed by atoms with Crippen molar-refractivity contribution in [3.8, 4) is 0 Å². The number of hydrogen-bond donors (Lipinski definition) is 1. The molecular weight excluding hydrogens is 326 g/mol. The Morgan fingerprint density at radius 1 is 1.19 bits per heavy atom. The first-order valence-electron chi connectivity index (χ1n) is 10.0. The lowest BCUT2D eigenvalue weighted by molar-refractivity contribution is -0.145. The van der Waals surface area contributed by atoms with Crippen molar-refractivity contribution in [1.29, 1.82) is 0 Å². The van der Waals surface area contributed by atoms with Gasteiger partial charge in [0, 0.05) is 31.9 Å². The summed E-state index contributed by atoms with van der Waals surface area (Å²) >= 11 is 0. The van der Waals surface area contributed by atoms with Crippen molar-refractivity contribution in [2.75, 3.05) is 31.5 Å². The lowest BCUT2D eigenvalue weighted by atomic mass is 9.78. The predicted octanol–water partition coefficient (Wildman–Crippen LogP) is 3.51. The van der Waals surface area contributed by atoms with Crippen LogP contribution >= 0.6 is 0 Å². The molecule has 3 amide bonds. The van der Waals surface area contributed by atoms with Crippen molar-refractivity contribution >= 4 is 17.6 Å². The van der Waals surface area contributed by atoms with Gasteiger partial charge in [0.05, 0.1) is 5.41 Å². The number of amides is 3. The molecule has 1 atom stereocenters. The molecular formula is C21H29N3O2. The Balaban J connectivity index is 1.38. The van der Waals surface area contributed by atoms with E-state index in [0.29, 0.717) is 19.0 Å². The van der Waals surface area contributed by atoms with E-state index in [2.05, 4.69) is 17.1 Å². The molecule has 1 N–H and O–H groups in total. The van der Waals surface area contributed by atoms with E-state index in [0.717, 1.165) is 50.4 Å². The molecule has 0 aromatic heterocycles. The van der Waals surface area contributed by atoms with Crippen LogP contribution in [0.2, 0.25) is 0 Å². The number of nitrogens with zero attached hydrogens (tertiary/aromatic N) is 2. The lowest BCUT2D eigenvalue weighted by Crippen LogP contribution is -2.51. The van der Waals surface area contributed by atoms with Crippen LogP contribution in [0.15, 0.2) is 24.3 Å². The number of carbonyl (C=O) groups is 2. The average molecular weight is 355 g/mol. The molecule has 2 heterocycles. The Morgan fingerprint density at radius 3 is 2.65 bits per heavy atom. The number of aryl methyl sites for hydroxylation is 1. The SMILES string of the molecule is CCc1ccc(NC(=O)N2CC[C@@]3(CCCN(CC4CC4)C3=O)C2)cc1. The normalized spacial score (nSPS) is 25.8. The van der Waals surface area contributed by atoms with Gasteiger partial charge in [-0.2, -0.15) is 0 Å². The first-order valence-corrected chi connectivity index (χ1v) is 10.0. The summed E-state index contributed by atoms with van der Waals surface area (Å²) in [4.78, 5) is 29.6. The minimum Gasteiger partial charge on any atom is -0.342 e. The summed E-state index contributed by atoms with van der Waals surface area (Å²) in [5, 5.41) is 2.99. The summed E-state index contributed by atoms with van der Waals surface area (Å²) < 4.78 is 0. The van der Waals surface area contributed by atoms with Crippen LogP contribution in [0.25, 0.3) is 0 Å². The van der Waals surface area contributed by atoms with Crippen molar-refractivity contribution in [3.63, 3.8) is 0 Å². The molecule has 0 unspecified atom stereocenters. The quantitative estimate of drug-likeness (QED) is 0.899. The number of likely N-dealkylation sites (tertiary alicyclic amines) is 2. The number of hydrogen-bond acceptors (Lipinski definition) is 2. The largest absolute Gasteiger partial charge is 0.342 e. The second-order valence-electron chi connectivity index (χ2n) is 8.23. The molecule has 5 nitrogen and oxygen atoms in total. The van der Waals surface area contributed by atoms with Crippen molar-refractivity contribution < 1.29 is 9.59 Å². The standard InChI is InChI=1S/C21H29N3O2/c1-2-16-6-8-18(9-7-16)22-20(26)24-13-11-21(15-24)10-3-12-23(19(21)25)14-17-4-5-17/h6-9,17H,2-5,10-15H2,1H3,(H,22,26)/t21-/m0/s1. The molecule has 1 aromatic carbocycles. The van der Waals surface area contributed by atoms with Gasteiger partial charge < -0.3 is 15.1 Å². The van der Waals surface area contributed by atoms with Crippen LogP contribution in [0.5, 0.6) is 0 Å². The Hall–Kier alpha value is -2.04. The van der Waals surface area contributed by atoms with E-state index in [9.17, 15) is 9.59 Å². The number of nitrogens with one attached hydrogen (secondary N) is 1. The van der Waals surface area contributed by atoms with E-state index in [1.165, 1.54) is 18.4 Å². The summed E-state index contributed by atoms with van der Waals surface area (Å²) in [7, 11) is 0. The van der Waals surface area contributed by atoms with Crippen LogP contribution in [0.1, 0.15) is 44.6 Å². The van der Waals surface area contributed by atoms with Gasteiger partial charge in [-0.3, -0.25) is 4.79 Å². The summed E-state index contributed by atoms with van der Waals surface area (Å²) in [5.41, 5.74) is 1.74. The van der Waals surface area contributed by atoms with E-state index < -0.39 is 0 Å². The third kappa shape index (κ3) is 3.44. The highest BCUT2D eigenvalue weighted by Crippen LogP contribution is 2.41. The first-order chi connectivity index (χ1) is 12.6. The van der Waals surface area contributed by atoms with Crippen LogP contribution in [0.3, 0.4) is 0 Å². The zero-order valence-corrected chi connectivity index (χ0v) is 15.7. The van der Waals surface area contributed by atoms with Crippen molar-refractivity contribution in [1.82, 2.24) is 9.80 Å². The predicted molar refractivity (Wildman–Crippen MR) is 102 cm³/mol. The van der Waals surface area contributed by atoms with E-state index >= 15 is 0 Å². The Labute approximate surface area is 155 Å². The highest BCUT2D eigenvalue weighted by Gasteiger charge is 2.49. The molecule has 1 aliphatic carbocycles. The summed E-state index contributed by atoms with van der Waals surface area (Å²) in [6, 6.07) is 7.90. The summed E-state index contributed by atoms with van der Waals surface area (Å²) in [6.07, 6.45) is 6.30. The maximum absolute atomic E-state index is 13.1. The Bertz CT molecular complexity index is 683. The monoisotopic (exact) mass is 355 g/mol. The van der Waals surface area contributed by atoms with Gasteiger partial charge in [0.15, 0.2) is 0 Å². The topological polar surface area (TPSA) is 52.7 Å². The average Bonchev–Trinajstić information content (AvgIpc) is 3.37. The highest BCUT2D eigenvalue weighted by atomic mass is 16.2. The van der Waals surface area contributed by atoms with Gasteiger partial charge in [-0.15, -0.1) is 0 Å². The second kappa shape index (κ2) is 6.93. The number of urea groups is 1. The maximum Gasteiger partial charge on any atom is 0.321 e. The molecule has 3 aliphatic rings. The minimum atomic E-state index is -0.337. The third-order valence-corrected chi connectivity index (χ3v) is 6.25. The maximum atomic E-state index is 13.1. The molecule has 3 fully saturated rings. The Morgan fingerprint density at radius 2 is 1.96 bits per heavy atom. The van der Waals surface area contributed by atoms with Crippen LogP contribution in [-0.4, -0.2) is 47.9 Å². The van der Waals surface area contributed by atoms with E-state index in [1.54, 1.807) is 0 Å². The van der Waals surface area contributed by atoms with Crippen LogP contribution < -0.4 is 5.32 Å². The summed E-state index contributed by atoms with van der Waals surface area (Å²) in [6.45, 7) is 5.17. The molecule has 26 heavy (non-hydrogen) atoms. The molecule has 0 radical (unpaired) electrons. The molecule has 2 aliphatic heterocycles. The molecule has 1 saturated carbocycles. The van der Waals surface area contributed by atoms with Crippen molar-refractivity contribution in [3.05, 3.63) is 29.8 Å². The van der Waals surface area contributed by atoms with Gasteiger partial charge >= 0.3 is 6.03 Å². The third-order valence-electron chi connectivity index (χ3n) is 6.25. The summed E-state index contributed by atoms with van der Waals surface area (Å²) in [5.74, 6) is 1.01. The number of benzene rings is 1. The smallest absolute Gasteiger partial charge is 0.321 e. The fourth-order valence-electron chi connectivity index (χ4n) is 4.39. The van der Waals surface area contributed by atoms with Crippen molar-refractivity contribution in [2.24, 2.45) is 11.3 Å². The number of carbonyl (C=O) groups excluding carboxylic acids is 2. The van der Waals surface area contributed by atoms with E-state index in [4.69, 9.17) is 0 Å². The molecule has 1 aromatic rings. The second-order valence-corrected chi connectivity index (χ2v) is 8.23. The highest BCUT2D eigenvalue weighted by molar-refractivity contribution is 5.91. The van der Waals surface area contributed by atoms with Crippen LogP contribution in [0, 0.1) is 11.3 Å². The van der Waals surface area contributed by atoms with Crippen LogP contribution in [-0.2, 0) is 11.2 Å². The van der Waals surface area contributed by atoms with Gasteiger partial charge in [0.1, 0.15) is 0 Å². The van der Waals surface area contributed by atoms with Crippen LogP contribution in [0.4, 0.5) is 10.5 Å². The zero-order chi connectivity index (χ0) is 18.1. The van der Waals surface area contributed by atoms with Gasteiger partial charge in [-0.25, -0.2) is 4.79 Å².